The standard InChI is InChI=1S/C21H20FN3O/c1-2-13-5-7-24-11-19(13)17-9-16(14-4-3-6-23-10-14)20(22)21-18(17)8-15(12-26)25-21/h4-5,7-9,11-12,23,25H,2-3,6,10H2,1H3. The highest BCUT2D eigenvalue weighted by molar-refractivity contribution is 6.01. The Morgan fingerprint density at radius 2 is 2.15 bits per heavy atom. The van der Waals surface area contributed by atoms with Gasteiger partial charge in [-0.15, -0.1) is 0 Å². The van der Waals surface area contributed by atoms with Crippen molar-refractivity contribution in [3.8, 4) is 11.1 Å². The van der Waals surface area contributed by atoms with E-state index in [1.54, 1.807) is 12.3 Å². The van der Waals surface area contributed by atoms with Crippen LogP contribution in [0.2, 0.25) is 0 Å². The molecule has 0 unspecified atom stereocenters. The average molecular weight is 349 g/mol. The number of carbonyl (C=O) groups is 1. The Morgan fingerprint density at radius 1 is 1.27 bits per heavy atom. The molecule has 4 nitrogen and oxygen atoms in total. The van der Waals surface area contributed by atoms with Gasteiger partial charge in [0.15, 0.2) is 12.1 Å². The van der Waals surface area contributed by atoms with Crippen LogP contribution in [0, 0.1) is 5.82 Å². The van der Waals surface area contributed by atoms with Crippen molar-refractivity contribution in [3.05, 3.63) is 59.3 Å². The molecule has 0 saturated heterocycles. The summed E-state index contributed by atoms with van der Waals surface area (Å²) in [5.74, 6) is -0.311. The number of aldehydes is 1. The lowest BCUT2D eigenvalue weighted by Gasteiger charge is -2.18. The van der Waals surface area contributed by atoms with Crippen LogP contribution >= 0.6 is 0 Å². The molecule has 3 heterocycles. The Balaban J connectivity index is 2.04. The van der Waals surface area contributed by atoms with Crippen molar-refractivity contribution in [2.24, 2.45) is 0 Å². The number of nitrogens with one attached hydrogen (secondary N) is 2. The molecule has 0 fully saturated rings. The largest absolute Gasteiger partial charge is 0.350 e. The molecular formula is C21H20FN3O. The van der Waals surface area contributed by atoms with Crippen molar-refractivity contribution in [2.45, 2.75) is 19.8 Å². The zero-order valence-corrected chi connectivity index (χ0v) is 14.6. The Kier molecular flexibility index (Phi) is 4.39. The highest BCUT2D eigenvalue weighted by Gasteiger charge is 2.20. The molecule has 0 amide bonds. The summed E-state index contributed by atoms with van der Waals surface area (Å²) in [5.41, 5.74) is 5.28. The zero-order valence-electron chi connectivity index (χ0n) is 14.6. The van der Waals surface area contributed by atoms with E-state index < -0.39 is 0 Å². The molecule has 26 heavy (non-hydrogen) atoms. The number of pyridine rings is 1. The summed E-state index contributed by atoms with van der Waals surface area (Å²) in [6, 6.07) is 5.60. The fraction of sp³-hybridized carbons (Fsp3) is 0.238. The molecule has 1 aliphatic heterocycles. The van der Waals surface area contributed by atoms with E-state index in [0.29, 0.717) is 35.0 Å². The molecule has 2 aromatic heterocycles. The number of nitrogens with zero attached hydrogens (tertiary/aromatic N) is 1. The van der Waals surface area contributed by atoms with Gasteiger partial charge in [-0.05, 0) is 54.3 Å². The summed E-state index contributed by atoms with van der Waals surface area (Å²) >= 11 is 0. The van der Waals surface area contributed by atoms with Gasteiger partial charge in [0.1, 0.15) is 0 Å². The monoisotopic (exact) mass is 349 g/mol. The summed E-state index contributed by atoms with van der Waals surface area (Å²) in [5, 5.41) is 4.00. The molecule has 4 rings (SSSR count). The normalized spacial score (nSPS) is 14.5. The van der Waals surface area contributed by atoms with E-state index in [2.05, 4.69) is 28.3 Å². The molecule has 1 aliphatic rings. The Labute approximate surface area is 151 Å². The van der Waals surface area contributed by atoms with Crippen LogP contribution in [0.5, 0.6) is 0 Å². The van der Waals surface area contributed by atoms with Gasteiger partial charge in [-0.25, -0.2) is 4.39 Å². The summed E-state index contributed by atoms with van der Waals surface area (Å²) in [6.07, 6.45) is 8.11. The van der Waals surface area contributed by atoms with Crippen LogP contribution in [0.15, 0.2) is 36.7 Å². The van der Waals surface area contributed by atoms with Crippen molar-refractivity contribution in [3.63, 3.8) is 0 Å². The Bertz CT molecular complexity index is 1020. The van der Waals surface area contributed by atoms with Gasteiger partial charge in [0, 0.05) is 35.5 Å². The fourth-order valence-electron chi connectivity index (χ4n) is 3.62. The first-order valence-electron chi connectivity index (χ1n) is 8.86. The first kappa shape index (κ1) is 16.7. The number of halogens is 1. The summed E-state index contributed by atoms with van der Waals surface area (Å²) < 4.78 is 15.3. The Morgan fingerprint density at radius 3 is 2.88 bits per heavy atom. The van der Waals surface area contributed by atoms with Gasteiger partial charge in [-0.1, -0.05) is 13.0 Å². The third kappa shape index (κ3) is 2.74. The van der Waals surface area contributed by atoms with Gasteiger partial charge < -0.3 is 10.3 Å². The molecule has 1 aromatic carbocycles. The van der Waals surface area contributed by atoms with E-state index >= 15 is 4.39 Å². The molecule has 3 aromatic rings. The number of carbonyl (C=O) groups excluding carboxylic acids is 1. The molecule has 0 atom stereocenters. The van der Waals surface area contributed by atoms with Crippen LogP contribution in [0.3, 0.4) is 0 Å². The SMILES string of the molecule is CCc1ccncc1-c1cc(C2=CCCNC2)c(F)c2[nH]c(C=O)cc12. The number of aryl methyl sites for hydroxylation is 1. The summed E-state index contributed by atoms with van der Waals surface area (Å²) in [6.45, 7) is 3.62. The van der Waals surface area contributed by atoms with Crippen molar-refractivity contribution in [2.75, 3.05) is 13.1 Å². The second-order valence-electron chi connectivity index (χ2n) is 6.50. The van der Waals surface area contributed by atoms with Gasteiger partial charge in [0.25, 0.3) is 0 Å². The topological polar surface area (TPSA) is 57.8 Å². The molecule has 0 bridgehead atoms. The lowest BCUT2D eigenvalue weighted by molar-refractivity contribution is 0.112. The van der Waals surface area contributed by atoms with Crippen molar-refractivity contribution < 1.29 is 9.18 Å². The molecule has 0 saturated carbocycles. The molecular weight excluding hydrogens is 329 g/mol. The summed E-state index contributed by atoms with van der Waals surface area (Å²) in [7, 11) is 0. The highest BCUT2D eigenvalue weighted by atomic mass is 19.1. The van der Waals surface area contributed by atoms with Gasteiger partial charge in [-0.3, -0.25) is 9.78 Å². The average Bonchev–Trinajstić information content (AvgIpc) is 3.14. The van der Waals surface area contributed by atoms with Crippen LogP contribution in [0.25, 0.3) is 27.6 Å². The molecule has 2 N–H and O–H groups in total. The fourth-order valence-corrected chi connectivity index (χ4v) is 3.62. The number of hydrogen-bond acceptors (Lipinski definition) is 3. The van der Waals surface area contributed by atoms with Crippen molar-refractivity contribution >= 4 is 22.8 Å². The van der Waals surface area contributed by atoms with Crippen LogP contribution in [0.4, 0.5) is 4.39 Å². The minimum absolute atomic E-state index is 0.311. The molecule has 5 heteroatoms. The van der Waals surface area contributed by atoms with E-state index in [1.165, 1.54) is 0 Å². The van der Waals surface area contributed by atoms with Gasteiger partial charge in [0.05, 0.1) is 11.2 Å². The van der Waals surface area contributed by atoms with Crippen LogP contribution in [-0.2, 0) is 6.42 Å². The lowest BCUT2D eigenvalue weighted by atomic mass is 9.92. The second kappa shape index (κ2) is 6.84. The maximum absolute atomic E-state index is 15.3. The van der Waals surface area contributed by atoms with Crippen LogP contribution < -0.4 is 5.32 Å². The number of benzene rings is 1. The highest BCUT2D eigenvalue weighted by Crippen LogP contribution is 2.37. The predicted molar refractivity (Wildman–Crippen MR) is 102 cm³/mol. The number of rotatable bonds is 4. The molecule has 0 spiro atoms. The van der Waals surface area contributed by atoms with Gasteiger partial charge in [-0.2, -0.15) is 0 Å². The van der Waals surface area contributed by atoms with E-state index in [4.69, 9.17) is 0 Å². The quantitative estimate of drug-likeness (QED) is 0.697. The number of H-pyrrole nitrogens is 1. The number of aromatic nitrogens is 2. The lowest BCUT2D eigenvalue weighted by Crippen LogP contribution is -2.22. The maximum Gasteiger partial charge on any atom is 0.166 e. The van der Waals surface area contributed by atoms with Crippen LogP contribution in [0.1, 0.15) is 35.0 Å². The number of fused-ring (bicyclic) bond motifs is 1. The molecule has 0 aliphatic carbocycles. The minimum Gasteiger partial charge on any atom is -0.350 e. The summed E-state index contributed by atoms with van der Waals surface area (Å²) in [4.78, 5) is 18.5. The number of aromatic amines is 1. The van der Waals surface area contributed by atoms with Crippen molar-refractivity contribution in [1.82, 2.24) is 15.3 Å². The number of hydrogen-bond donors (Lipinski definition) is 2. The second-order valence-corrected chi connectivity index (χ2v) is 6.50. The van der Waals surface area contributed by atoms with Crippen molar-refractivity contribution in [1.29, 1.82) is 0 Å². The smallest absolute Gasteiger partial charge is 0.166 e. The minimum atomic E-state index is -0.311. The molecule has 0 radical (unpaired) electrons. The van der Waals surface area contributed by atoms with E-state index in [1.807, 2.05) is 18.3 Å². The predicted octanol–water partition coefficient (Wildman–Crippen LogP) is 4.12. The zero-order chi connectivity index (χ0) is 18.1. The first-order chi connectivity index (χ1) is 12.7. The van der Waals surface area contributed by atoms with E-state index in [0.717, 1.165) is 41.6 Å². The van der Waals surface area contributed by atoms with Crippen LogP contribution in [-0.4, -0.2) is 29.3 Å². The van der Waals surface area contributed by atoms with E-state index in [9.17, 15) is 4.79 Å². The van der Waals surface area contributed by atoms with Gasteiger partial charge in [0.2, 0.25) is 0 Å². The third-order valence-corrected chi connectivity index (χ3v) is 4.96. The Hall–Kier alpha value is -2.79. The molecule has 132 valence electrons. The van der Waals surface area contributed by atoms with Gasteiger partial charge >= 0.3 is 0 Å². The third-order valence-electron chi connectivity index (χ3n) is 4.96. The van der Waals surface area contributed by atoms with E-state index in [-0.39, 0.29) is 5.82 Å². The first-order valence-corrected chi connectivity index (χ1v) is 8.86. The maximum atomic E-state index is 15.3.